The van der Waals surface area contributed by atoms with Crippen LogP contribution in [0, 0.1) is 0 Å². The molecular weight excluding hydrogens is 398 g/mol. The lowest BCUT2D eigenvalue weighted by Gasteiger charge is -2.19. The van der Waals surface area contributed by atoms with Crippen molar-refractivity contribution < 1.29 is 0 Å². The second kappa shape index (κ2) is 5.66. The van der Waals surface area contributed by atoms with E-state index in [2.05, 4.69) is 74.2 Å². The SMILES string of the molecule is CC(C)(C)NCc1nnc(-c2cc(Br)c(Br)s2)s1. The molecule has 2 aromatic heterocycles. The first kappa shape index (κ1) is 14.6. The molecular formula is C11H13Br2N3S2. The Kier molecular flexibility index (Phi) is 4.59. The summed E-state index contributed by atoms with van der Waals surface area (Å²) in [7, 11) is 0. The molecule has 0 aliphatic carbocycles. The molecule has 2 aromatic rings. The van der Waals surface area contributed by atoms with E-state index in [1.54, 1.807) is 22.7 Å². The van der Waals surface area contributed by atoms with Crippen LogP contribution in [0.3, 0.4) is 0 Å². The Morgan fingerprint density at radius 3 is 2.50 bits per heavy atom. The number of nitrogens with zero attached hydrogens (tertiary/aromatic N) is 2. The molecule has 0 aromatic carbocycles. The number of hydrogen-bond donors (Lipinski definition) is 1. The van der Waals surface area contributed by atoms with Crippen LogP contribution < -0.4 is 5.32 Å². The van der Waals surface area contributed by atoms with Crippen molar-refractivity contribution in [2.24, 2.45) is 0 Å². The number of thiophene rings is 1. The highest BCUT2D eigenvalue weighted by Crippen LogP contribution is 2.39. The number of aromatic nitrogens is 2. The summed E-state index contributed by atoms with van der Waals surface area (Å²) in [6.45, 7) is 7.18. The molecule has 0 aliphatic heterocycles. The number of hydrogen-bond acceptors (Lipinski definition) is 5. The molecule has 0 unspecified atom stereocenters. The van der Waals surface area contributed by atoms with Crippen molar-refractivity contribution in [3.8, 4) is 9.88 Å². The lowest BCUT2D eigenvalue weighted by Crippen LogP contribution is -2.35. The van der Waals surface area contributed by atoms with Crippen molar-refractivity contribution in [3.63, 3.8) is 0 Å². The van der Waals surface area contributed by atoms with E-state index >= 15 is 0 Å². The van der Waals surface area contributed by atoms with Crippen LogP contribution in [0.25, 0.3) is 9.88 Å². The molecule has 3 nitrogen and oxygen atoms in total. The van der Waals surface area contributed by atoms with E-state index in [0.29, 0.717) is 0 Å². The lowest BCUT2D eigenvalue weighted by atomic mass is 10.1. The molecule has 0 fully saturated rings. The predicted octanol–water partition coefficient (Wildman–Crippen LogP) is 4.68. The zero-order valence-electron chi connectivity index (χ0n) is 10.3. The van der Waals surface area contributed by atoms with E-state index in [1.807, 2.05) is 0 Å². The van der Waals surface area contributed by atoms with Crippen LogP contribution in [0.4, 0.5) is 0 Å². The summed E-state index contributed by atoms with van der Waals surface area (Å²) in [5.41, 5.74) is 0.0980. The van der Waals surface area contributed by atoms with Gasteiger partial charge in [-0.05, 0) is 58.7 Å². The van der Waals surface area contributed by atoms with Gasteiger partial charge < -0.3 is 5.32 Å². The fraction of sp³-hybridized carbons (Fsp3) is 0.455. The first-order valence-corrected chi connectivity index (χ1v) is 8.60. The average molecular weight is 411 g/mol. The summed E-state index contributed by atoms with van der Waals surface area (Å²) in [4.78, 5) is 1.13. The third-order valence-corrected chi connectivity index (χ3v) is 6.44. The molecule has 0 aliphatic rings. The molecule has 0 saturated heterocycles. The largest absolute Gasteiger partial charge is 0.306 e. The Morgan fingerprint density at radius 2 is 1.94 bits per heavy atom. The quantitative estimate of drug-likeness (QED) is 0.797. The Labute approximate surface area is 131 Å². The molecule has 2 rings (SSSR count). The van der Waals surface area contributed by atoms with E-state index in [4.69, 9.17) is 0 Å². The Balaban J connectivity index is 2.11. The van der Waals surface area contributed by atoms with E-state index in [9.17, 15) is 0 Å². The highest BCUT2D eigenvalue weighted by atomic mass is 79.9. The highest BCUT2D eigenvalue weighted by molar-refractivity contribution is 9.13. The monoisotopic (exact) mass is 409 g/mol. The zero-order chi connectivity index (χ0) is 13.3. The van der Waals surface area contributed by atoms with Gasteiger partial charge in [-0.1, -0.05) is 11.3 Å². The zero-order valence-corrected chi connectivity index (χ0v) is 15.1. The van der Waals surface area contributed by atoms with Crippen molar-refractivity contribution in [1.29, 1.82) is 0 Å². The van der Waals surface area contributed by atoms with Gasteiger partial charge in [-0.25, -0.2) is 0 Å². The van der Waals surface area contributed by atoms with Gasteiger partial charge >= 0.3 is 0 Å². The molecule has 18 heavy (non-hydrogen) atoms. The van der Waals surface area contributed by atoms with Gasteiger partial charge in [0.1, 0.15) is 5.01 Å². The van der Waals surface area contributed by atoms with Gasteiger partial charge in [-0.2, -0.15) is 0 Å². The number of rotatable bonds is 3. The minimum Gasteiger partial charge on any atom is -0.306 e. The third-order valence-electron chi connectivity index (χ3n) is 2.09. The molecule has 98 valence electrons. The van der Waals surface area contributed by atoms with Crippen LogP contribution in [0.5, 0.6) is 0 Å². The normalized spacial score (nSPS) is 12.1. The first-order valence-electron chi connectivity index (χ1n) is 5.38. The van der Waals surface area contributed by atoms with Gasteiger partial charge in [-0.3, -0.25) is 0 Å². The Morgan fingerprint density at radius 1 is 1.22 bits per heavy atom. The van der Waals surface area contributed by atoms with Crippen LogP contribution >= 0.6 is 54.5 Å². The molecule has 0 radical (unpaired) electrons. The van der Waals surface area contributed by atoms with E-state index in [-0.39, 0.29) is 5.54 Å². The van der Waals surface area contributed by atoms with E-state index < -0.39 is 0 Å². The fourth-order valence-corrected chi connectivity index (χ4v) is 4.07. The highest BCUT2D eigenvalue weighted by Gasteiger charge is 2.14. The smallest absolute Gasteiger partial charge is 0.157 e. The van der Waals surface area contributed by atoms with Crippen LogP contribution in [-0.2, 0) is 6.54 Å². The van der Waals surface area contributed by atoms with Crippen LogP contribution in [-0.4, -0.2) is 15.7 Å². The lowest BCUT2D eigenvalue weighted by molar-refractivity contribution is 0.423. The third kappa shape index (κ3) is 3.84. The van der Waals surface area contributed by atoms with Crippen molar-refractivity contribution >= 4 is 54.5 Å². The van der Waals surface area contributed by atoms with Crippen LogP contribution in [0.1, 0.15) is 25.8 Å². The topological polar surface area (TPSA) is 37.8 Å². The second-order valence-electron chi connectivity index (χ2n) is 4.84. The maximum atomic E-state index is 4.24. The van der Waals surface area contributed by atoms with Gasteiger partial charge in [0, 0.05) is 10.0 Å². The first-order chi connectivity index (χ1) is 8.35. The molecule has 0 atom stereocenters. The molecule has 2 heterocycles. The van der Waals surface area contributed by atoms with Gasteiger partial charge in [-0.15, -0.1) is 21.5 Å². The van der Waals surface area contributed by atoms with Gasteiger partial charge in [0.05, 0.1) is 15.2 Å². The van der Waals surface area contributed by atoms with Crippen molar-refractivity contribution in [1.82, 2.24) is 15.5 Å². The van der Waals surface area contributed by atoms with Crippen molar-refractivity contribution in [2.75, 3.05) is 0 Å². The maximum absolute atomic E-state index is 4.24. The number of nitrogens with one attached hydrogen (secondary N) is 1. The summed E-state index contributed by atoms with van der Waals surface area (Å²) in [6, 6.07) is 2.07. The molecule has 0 spiro atoms. The summed E-state index contributed by atoms with van der Waals surface area (Å²) in [5, 5.41) is 13.9. The van der Waals surface area contributed by atoms with Gasteiger partial charge in [0.15, 0.2) is 5.01 Å². The summed E-state index contributed by atoms with van der Waals surface area (Å²) in [5.74, 6) is 0. The van der Waals surface area contributed by atoms with E-state index in [0.717, 1.165) is 29.7 Å². The Bertz CT molecular complexity index is 523. The molecule has 0 bridgehead atoms. The summed E-state index contributed by atoms with van der Waals surface area (Å²) >= 11 is 10.3. The van der Waals surface area contributed by atoms with Crippen molar-refractivity contribution in [3.05, 3.63) is 19.3 Å². The molecule has 0 saturated carbocycles. The van der Waals surface area contributed by atoms with Gasteiger partial charge in [0.25, 0.3) is 0 Å². The van der Waals surface area contributed by atoms with Crippen molar-refractivity contribution in [2.45, 2.75) is 32.9 Å². The minimum atomic E-state index is 0.0980. The number of halogens is 2. The molecule has 7 heteroatoms. The van der Waals surface area contributed by atoms with Crippen LogP contribution in [0.15, 0.2) is 14.3 Å². The molecule has 1 N–H and O–H groups in total. The van der Waals surface area contributed by atoms with Gasteiger partial charge in [0.2, 0.25) is 0 Å². The summed E-state index contributed by atoms with van der Waals surface area (Å²) < 4.78 is 2.15. The standard InChI is InChI=1S/C11H13Br2N3S2/c1-11(2,3)14-5-8-15-16-10(18-8)7-4-6(12)9(13)17-7/h4,14H,5H2,1-3H3. The van der Waals surface area contributed by atoms with Crippen LogP contribution in [0.2, 0.25) is 0 Å². The molecule has 0 amide bonds. The average Bonchev–Trinajstić information content (AvgIpc) is 2.83. The Hall–Kier alpha value is 0.180. The fourth-order valence-electron chi connectivity index (χ4n) is 1.22. The van der Waals surface area contributed by atoms with E-state index in [1.165, 1.54) is 0 Å². The predicted molar refractivity (Wildman–Crippen MR) is 85.2 cm³/mol. The second-order valence-corrected chi connectivity index (χ2v) is 9.12. The minimum absolute atomic E-state index is 0.0980. The summed E-state index contributed by atoms with van der Waals surface area (Å²) in [6.07, 6.45) is 0. The maximum Gasteiger partial charge on any atom is 0.157 e.